The summed E-state index contributed by atoms with van der Waals surface area (Å²) in [5.74, 6) is 1.07. The first kappa shape index (κ1) is 14.7. The third-order valence-electron chi connectivity index (χ3n) is 3.88. The maximum Gasteiger partial charge on any atom is 0.140 e. The zero-order valence-electron chi connectivity index (χ0n) is 12.4. The normalized spacial score (nSPS) is 16.8. The van der Waals surface area contributed by atoms with Crippen molar-refractivity contribution in [1.82, 2.24) is 9.97 Å². The van der Waals surface area contributed by atoms with E-state index < -0.39 is 0 Å². The Bertz CT molecular complexity index is 592. The summed E-state index contributed by atoms with van der Waals surface area (Å²) in [6.07, 6.45) is 5.10. The van der Waals surface area contributed by atoms with Gasteiger partial charge in [0, 0.05) is 24.6 Å². The van der Waals surface area contributed by atoms with E-state index in [1.807, 2.05) is 0 Å². The average Bonchev–Trinajstić information content (AvgIpc) is 2.88. The largest absolute Gasteiger partial charge is 0.378 e. The number of fused-ring (bicyclic) bond motifs is 1. The molecule has 1 aliphatic rings. The van der Waals surface area contributed by atoms with Gasteiger partial charge in [-0.2, -0.15) is 0 Å². The van der Waals surface area contributed by atoms with Crippen molar-refractivity contribution in [3.05, 3.63) is 17.3 Å². The van der Waals surface area contributed by atoms with Crippen molar-refractivity contribution in [3.8, 4) is 0 Å². The number of nitrogens with zero attached hydrogens (tertiary/aromatic N) is 3. The molecule has 6 heteroatoms. The van der Waals surface area contributed by atoms with Gasteiger partial charge in [0.25, 0.3) is 0 Å². The van der Waals surface area contributed by atoms with Crippen LogP contribution in [0.5, 0.6) is 0 Å². The third-order valence-corrected chi connectivity index (χ3v) is 4.83. The summed E-state index contributed by atoms with van der Waals surface area (Å²) in [5, 5.41) is 1.18. The predicted molar refractivity (Wildman–Crippen MR) is 87.0 cm³/mol. The lowest BCUT2D eigenvalue weighted by Gasteiger charge is -2.33. The third kappa shape index (κ3) is 3.33. The number of ether oxygens (including phenoxy) is 1. The minimum Gasteiger partial charge on any atom is -0.378 e. The van der Waals surface area contributed by atoms with Gasteiger partial charge in [0.2, 0.25) is 0 Å². The lowest BCUT2D eigenvalue weighted by atomic mass is 10.1. The number of hydrogen-bond donors (Lipinski definition) is 1. The van der Waals surface area contributed by atoms with Crippen molar-refractivity contribution < 1.29 is 4.74 Å². The highest BCUT2D eigenvalue weighted by Crippen LogP contribution is 2.31. The van der Waals surface area contributed by atoms with Gasteiger partial charge in [-0.05, 0) is 38.8 Å². The average molecular weight is 306 g/mol. The summed E-state index contributed by atoms with van der Waals surface area (Å²) in [6.45, 7) is 5.59. The lowest BCUT2D eigenvalue weighted by Crippen LogP contribution is -2.37. The molecule has 0 aromatic carbocycles. The molecule has 1 fully saturated rings. The Hall–Kier alpha value is -1.24. The quantitative estimate of drug-likeness (QED) is 0.859. The van der Waals surface area contributed by atoms with Crippen LogP contribution in [-0.4, -0.2) is 42.3 Å². The number of aryl methyl sites for hydroxylation is 1. The Balaban J connectivity index is 1.65. The Morgan fingerprint density at radius 3 is 2.95 bits per heavy atom. The van der Waals surface area contributed by atoms with Gasteiger partial charge in [-0.15, -0.1) is 11.3 Å². The molecule has 0 atom stereocenters. The monoisotopic (exact) mass is 306 g/mol. The Morgan fingerprint density at radius 1 is 1.38 bits per heavy atom. The Kier molecular flexibility index (Phi) is 4.67. The van der Waals surface area contributed by atoms with Crippen molar-refractivity contribution in [3.63, 3.8) is 0 Å². The number of aromatic nitrogens is 2. The zero-order chi connectivity index (χ0) is 14.7. The van der Waals surface area contributed by atoms with E-state index in [-0.39, 0.29) is 0 Å². The molecule has 114 valence electrons. The van der Waals surface area contributed by atoms with Gasteiger partial charge in [-0.3, -0.25) is 0 Å². The summed E-state index contributed by atoms with van der Waals surface area (Å²) in [6, 6.07) is 2.19. The molecule has 3 rings (SSSR count). The maximum atomic E-state index is 5.86. The second-order valence-electron chi connectivity index (χ2n) is 5.47. The second-order valence-corrected chi connectivity index (χ2v) is 6.71. The SMILES string of the molecule is Cc1cc2c(N3CCC(OCCCN)CC3)ncnc2s1. The van der Waals surface area contributed by atoms with Crippen LogP contribution in [0.1, 0.15) is 24.1 Å². The first-order chi connectivity index (χ1) is 10.3. The van der Waals surface area contributed by atoms with E-state index in [0.29, 0.717) is 12.6 Å². The van der Waals surface area contributed by atoms with Crippen molar-refractivity contribution in [2.24, 2.45) is 5.73 Å². The Labute approximate surface area is 129 Å². The summed E-state index contributed by atoms with van der Waals surface area (Å²) in [5.41, 5.74) is 5.50. The maximum absolute atomic E-state index is 5.86. The molecule has 1 aliphatic heterocycles. The van der Waals surface area contributed by atoms with Gasteiger partial charge in [0.15, 0.2) is 0 Å². The lowest BCUT2D eigenvalue weighted by molar-refractivity contribution is 0.0366. The molecule has 0 aliphatic carbocycles. The fourth-order valence-corrected chi connectivity index (χ4v) is 3.62. The fourth-order valence-electron chi connectivity index (χ4n) is 2.78. The van der Waals surface area contributed by atoms with Crippen LogP contribution in [0.25, 0.3) is 10.2 Å². The van der Waals surface area contributed by atoms with Crippen LogP contribution in [0, 0.1) is 6.92 Å². The molecule has 1 saturated heterocycles. The smallest absolute Gasteiger partial charge is 0.140 e. The van der Waals surface area contributed by atoms with Gasteiger partial charge in [-0.25, -0.2) is 9.97 Å². The Morgan fingerprint density at radius 2 is 2.19 bits per heavy atom. The van der Waals surface area contributed by atoms with Crippen molar-refractivity contribution in [2.75, 3.05) is 31.1 Å². The molecule has 0 amide bonds. The van der Waals surface area contributed by atoms with Crippen molar-refractivity contribution >= 4 is 27.4 Å². The second kappa shape index (κ2) is 6.68. The van der Waals surface area contributed by atoms with E-state index in [0.717, 1.165) is 49.6 Å². The molecule has 2 aromatic rings. The standard InChI is InChI=1S/C15H22N4OS/c1-11-9-13-14(17-10-18-15(13)21-11)19-6-3-12(4-7-19)20-8-2-5-16/h9-10,12H,2-8,16H2,1H3. The minimum atomic E-state index is 0.370. The number of hydrogen-bond acceptors (Lipinski definition) is 6. The topological polar surface area (TPSA) is 64.3 Å². The molecule has 2 aromatic heterocycles. The molecular weight excluding hydrogens is 284 g/mol. The molecule has 5 nitrogen and oxygen atoms in total. The van der Waals surface area contributed by atoms with Gasteiger partial charge >= 0.3 is 0 Å². The first-order valence-electron chi connectivity index (χ1n) is 7.55. The van der Waals surface area contributed by atoms with E-state index in [9.17, 15) is 0 Å². The number of anilines is 1. The molecule has 2 N–H and O–H groups in total. The van der Waals surface area contributed by atoms with E-state index in [4.69, 9.17) is 10.5 Å². The van der Waals surface area contributed by atoms with Gasteiger partial charge < -0.3 is 15.4 Å². The molecule has 0 bridgehead atoms. The van der Waals surface area contributed by atoms with Gasteiger partial charge in [-0.1, -0.05) is 0 Å². The molecule has 0 unspecified atom stereocenters. The molecule has 0 saturated carbocycles. The fraction of sp³-hybridized carbons (Fsp3) is 0.600. The van der Waals surface area contributed by atoms with Crippen LogP contribution in [0.15, 0.2) is 12.4 Å². The van der Waals surface area contributed by atoms with Crippen LogP contribution < -0.4 is 10.6 Å². The highest BCUT2D eigenvalue weighted by atomic mass is 32.1. The van der Waals surface area contributed by atoms with Gasteiger partial charge in [0.1, 0.15) is 17.0 Å². The van der Waals surface area contributed by atoms with Crippen LogP contribution in [0.2, 0.25) is 0 Å². The summed E-state index contributed by atoms with van der Waals surface area (Å²) in [4.78, 5) is 13.6. The number of piperidine rings is 1. The van der Waals surface area contributed by atoms with Crippen molar-refractivity contribution in [2.45, 2.75) is 32.3 Å². The molecule has 0 spiro atoms. The van der Waals surface area contributed by atoms with E-state index in [2.05, 4.69) is 27.9 Å². The van der Waals surface area contributed by atoms with Crippen LogP contribution >= 0.6 is 11.3 Å². The van der Waals surface area contributed by atoms with Crippen molar-refractivity contribution in [1.29, 1.82) is 0 Å². The highest BCUT2D eigenvalue weighted by Gasteiger charge is 2.22. The highest BCUT2D eigenvalue weighted by molar-refractivity contribution is 7.18. The molecular formula is C15H22N4OS. The zero-order valence-corrected chi connectivity index (χ0v) is 13.2. The minimum absolute atomic E-state index is 0.370. The molecule has 21 heavy (non-hydrogen) atoms. The summed E-state index contributed by atoms with van der Waals surface area (Å²) in [7, 11) is 0. The van der Waals surface area contributed by atoms with Crippen LogP contribution in [0.4, 0.5) is 5.82 Å². The number of rotatable bonds is 5. The number of thiophene rings is 1. The van der Waals surface area contributed by atoms with E-state index in [1.54, 1.807) is 17.7 Å². The molecule has 3 heterocycles. The summed E-state index contributed by atoms with van der Waals surface area (Å²) < 4.78 is 5.86. The molecule has 0 radical (unpaired) electrons. The van der Waals surface area contributed by atoms with E-state index >= 15 is 0 Å². The van der Waals surface area contributed by atoms with Crippen LogP contribution in [-0.2, 0) is 4.74 Å². The number of nitrogens with two attached hydrogens (primary N) is 1. The van der Waals surface area contributed by atoms with Gasteiger partial charge in [0.05, 0.1) is 11.5 Å². The van der Waals surface area contributed by atoms with E-state index in [1.165, 1.54) is 10.3 Å². The predicted octanol–water partition coefficient (Wildman–Crippen LogP) is 2.33. The van der Waals surface area contributed by atoms with Crippen LogP contribution in [0.3, 0.4) is 0 Å². The first-order valence-corrected chi connectivity index (χ1v) is 8.37. The summed E-state index contributed by atoms with van der Waals surface area (Å²) >= 11 is 1.73.